The van der Waals surface area contributed by atoms with E-state index in [1.54, 1.807) is 13.1 Å². The molecule has 2 fully saturated rings. The van der Waals surface area contributed by atoms with Crippen LogP contribution in [0, 0.1) is 19.3 Å². The minimum Gasteiger partial charge on any atom is -0.387 e. The predicted octanol–water partition coefficient (Wildman–Crippen LogP) is -0.699. The number of terminal acetylenes is 1. The molecule has 49 heavy (non-hydrogen) atoms. The van der Waals surface area contributed by atoms with Gasteiger partial charge in [-0.1, -0.05) is 5.92 Å². The van der Waals surface area contributed by atoms with Gasteiger partial charge in [-0.25, -0.2) is 14.6 Å². The van der Waals surface area contributed by atoms with Crippen molar-refractivity contribution in [2.75, 3.05) is 96.9 Å². The molecule has 4 heterocycles. The standard InChI is InChI=1S/C28H46N6O13P2/c1-4-8-42-10-12-44-14-15-45-13-11-43-9-7-33-6-5-21(17-33)32(3)26-22-16-29-34(27(22)31-20(2)30-26)28-25(36)24(35)23(47-28)18-46-49(40,41)19-48(37,38)39/h1,16,21,23-25,28,35-36H,5-15,17-19H2,2-3H3,(H,40,41)(H2,37,38,39)/t21?,23-,24-,25-,28-/m1/s1. The van der Waals surface area contributed by atoms with Crippen molar-refractivity contribution < 1.29 is 62.2 Å². The van der Waals surface area contributed by atoms with E-state index in [1.165, 1.54) is 4.68 Å². The molecule has 4 rings (SSSR count). The monoisotopic (exact) mass is 736 g/mol. The Balaban J connectivity index is 1.25. The predicted molar refractivity (Wildman–Crippen MR) is 174 cm³/mol. The van der Waals surface area contributed by atoms with E-state index in [0.29, 0.717) is 68.9 Å². The van der Waals surface area contributed by atoms with Gasteiger partial charge in [-0.15, -0.1) is 6.42 Å². The molecule has 276 valence electrons. The van der Waals surface area contributed by atoms with Gasteiger partial charge >= 0.3 is 15.2 Å². The van der Waals surface area contributed by atoms with Gasteiger partial charge in [0, 0.05) is 32.7 Å². The van der Waals surface area contributed by atoms with Crippen LogP contribution in [0.15, 0.2) is 6.20 Å². The molecule has 0 saturated carbocycles. The number of aromatic nitrogens is 4. The van der Waals surface area contributed by atoms with E-state index in [9.17, 15) is 24.2 Å². The maximum atomic E-state index is 12.1. The van der Waals surface area contributed by atoms with Gasteiger partial charge in [-0.2, -0.15) is 5.10 Å². The average Bonchev–Trinajstić information content (AvgIpc) is 3.75. The van der Waals surface area contributed by atoms with E-state index in [2.05, 4.69) is 30.8 Å². The number of aliphatic hydroxyl groups is 2. The molecular formula is C28H46N6O13P2. The topological polar surface area (TPSA) is 241 Å². The molecule has 0 amide bonds. The molecule has 2 saturated heterocycles. The normalized spacial score (nSPS) is 24.4. The summed E-state index contributed by atoms with van der Waals surface area (Å²) < 4.78 is 56.8. The molecule has 2 unspecified atom stereocenters. The number of rotatable bonds is 21. The van der Waals surface area contributed by atoms with Crippen molar-refractivity contribution in [1.29, 1.82) is 0 Å². The maximum Gasteiger partial charge on any atom is 0.340 e. The Hall–Kier alpha value is -2.11. The molecule has 0 bridgehead atoms. The number of anilines is 1. The second-order valence-electron chi connectivity index (χ2n) is 11.7. The summed E-state index contributed by atoms with van der Waals surface area (Å²) in [4.78, 5) is 41.4. The van der Waals surface area contributed by atoms with E-state index in [4.69, 9.17) is 44.4 Å². The van der Waals surface area contributed by atoms with Gasteiger partial charge in [0.2, 0.25) is 0 Å². The number of fused-ring (bicyclic) bond motifs is 1. The van der Waals surface area contributed by atoms with Gasteiger partial charge in [0.05, 0.1) is 64.4 Å². The molecule has 19 nitrogen and oxygen atoms in total. The molecule has 0 spiro atoms. The van der Waals surface area contributed by atoms with Crippen molar-refractivity contribution >= 4 is 32.0 Å². The Morgan fingerprint density at radius 1 is 1.02 bits per heavy atom. The number of hydrogen-bond donors (Lipinski definition) is 5. The first-order valence-electron chi connectivity index (χ1n) is 15.7. The molecule has 0 aliphatic carbocycles. The highest BCUT2D eigenvalue weighted by Gasteiger charge is 2.46. The molecule has 2 aliphatic rings. The summed E-state index contributed by atoms with van der Waals surface area (Å²) in [5.74, 6) is 2.07. The van der Waals surface area contributed by atoms with Crippen LogP contribution in [0.2, 0.25) is 0 Å². The van der Waals surface area contributed by atoms with Gasteiger partial charge < -0.3 is 58.0 Å². The lowest BCUT2D eigenvalue weighted by molar-refractivity contribution is -0.0541. The quantitative estimate of drug-likeness (QED) is 0.0605. The maximum absolute atomic E-state index is 12.1. The zero-order valence-corrected chi connectivity index (χ0v) is 29.3. The molecule has 6 atom stereocenters. The number of likely N-dealkylation sites (tertiary alicyclic amines) is 1. The highest BCUT2D eigenvalue weighted by molar-refractivity contribution is 7.70. The van der Waals surface area contributed by atoms with Crippen LogP contribution in [-0.4, -0.2) is 166 Å². The van der Waals surface area contributed by atoms with Crippen molar-refractivity contribution in [1.82, 2.24) is 24.6 Å². The van der Waals surface area contributed by atoms with Gasteiger partial charge in [0.1, 0.15) is 36.6 Å². The second-order valence-corrected chi connectivity index (χ2v) is 15.6. The van der Waals surface area contributed by atoms with E-state index < -0.39 is 52.2 Å². The Labute approximate surface area is 284 Å². The van der Waals surface area contributed by atoms with Crippen molar-refractivity contribution in [3.05, 3.63) is 12.0 Å². The van der Waals surface area contributed by atoms with Crippen LogP contribution in [-0.2, 0) is 37.3 Å². The first kappa shape index (κ1) is 39.7. The highest BCUT2D eigenvalue weighted by atomic mass is 31.2. The Morgan fingerprint density at radius 2 is 1.67 bits per heavy atom. The minimum atomic E-state index is -4.85. The number of likely N-dealkylation sites (N-methyl/N-ethyl adjacent to an activating group) is 1. The largest absolute Gasteiger partial charge is 0.387 e. The summed E-state index contributed by atoms with van der Waals surface area (Å²) in [6, 6.07) is 0.139. The molecule has 2 aliphatic heterocycles. The lowest BCUT2D eigenvalue weighted by Gasteiger charge is -2.27. The minimum absolute atomic E-state index is 0.139. The van der Waals surface area contributed by atoms with Crippen molar-refractivity contribution in [3.63, 3.8) is 0 Å². The number of aliphatic hydroxyl groups excluding tert-OH is 2. The second kappa shape index (κ2) is 18.4. The number of ether oxygens (including phenoxy) is 5. The zero-order valence-electron chi connectivity index (χ0n) is 27.5. The Morgan fingerprint density at radius 3 is 2.33 bits per heavy atom. The molecule has 0 radical (unpaired) electrons. The van der Waals surface area contributed by atoms with Crippen LogP contribution < -0.4 is 4.90 Å². The summed E-state index contributed by atoms with van der Waals surface area (Å²) in [5, 5.41) is 26.3. The Kier molecular flexibility index (Phi) is 14.9. The summed E-state index contributed by atoms with van der Waals surface area (Å²) in [5.41, 5.74) is 0.340. The lowest BCUT2D eigenvalue weighted by atomic mass is 10.1. The molecule has 21 heteroatoms. The third kappa shape index (κ3) is 11.7. The SMILES string of the molecule is C#CCOCCOCCOCCOCCN1CCC(N(C)c2nc(C)nc3c2cnn3[C@@H]2O[C@H](COP(=O)(O)CP(=O)(O)O)[C@@H](O)[C@H]2O)C1. The van der Waals surface area contributed by atoms with E-state index in [1.807, 2.05) is 7.05 Å². The van der Waals surface area contributed by atoms with Gasteiger partial charge in [0.25, 0.3) is 0 Å². The summed E-state index contributed by atoms with van der Waals surface area (Å²) in [6.07, 6.45) is 1.93. The molecular weight excluding hydrogens is 690 g/mol. The number of aryl methyl sites for hydroxylation is 1. The van der Waals surface area contributed by atoms with Crippen molar-refractivity contribution in [2.45, 2.75) is 43.9 Å². The molecule has 5 N–H and O–H groups in total. The van der Waals surface area contributed by atoms with Crippen molar-refractivity contribution in [3.8, 4) is 12.3 Å². The molecule has 2 aromatic heterocycles. The van der Waals surface area contributed by atoms with Crippen LogP contribution >= 0.6 is 15.2 Å². The van der Waals surface area contributed by atoms with Crippen LogP contribution in [0.3, 0.4) is 0 Å². The van der Waals surface area contributed by atoms with E-state index >= 15 is 0 Å². The molecule has 0 aromatic carbocycles. The van der Waals surface area contributed by atoms with Crippen LogP contribution in [0.1, 0.15) is 18.5 Å². The fourth-order valence-electron chi connectivity index (χ4n) is 5.49. The van der Waals surface area contributed by atoms with Crippen LogP contribution in [0.4, 0.5) is 5.82 Å². The summed E-state index contributed by atoms with van der Waals surface area (Å²) in [6.45, 7) is 7.09. The third-order valence-electron chi connectivity index (χ3n) is 7.91. The van der Waals surface area contributed by atoms with Crippen LogP contribution in [0.5, 0.6) is 0 Å². The van der Waals surface area contributed by atoms with E-state index in [0.717, 1.165) is 26.1 Å². The van der Waals surface area contributed by atoms with Gasteiger partial charge in [-0.05, 0) is 13.3 Å². The lowest BCUT2D eigenvalue weighted by Crippen LogP contribution is -2.36. The van der Waals surface area contributed by atoms with E-state index in [-0.39, 0.29) is 12.6 Å². The highest BCUT2D eigenvalue weighted by Crippen LogP contribution is 2.55. The first-order valence-corrected chi connectivity index (χ1v) is 19.3. The van der Waals surface area contributed by atoms with Crippen LogP contribution in [0.25, 0.3) is 11.0 Å². The molecule has 2 aromatic rings. The fraction of sp³-hybridized carbons (Fsp3) is 0.750. The number of hydrogen-bond acceptors (Lipinski definition) is 15. The zero-order chi connectivity index (χ0) is 35.6. The number of nitrogens with zero attached hydrogens (tertiary/aromatic N) is 6. The Bertz CT molecular complexity index is 1490. The summed E-state index contributed by atoms with van der Waals surface area (Å²) in [7, 11) is -7.60. The first-order chi connectivity index (χ1) is 23.3. The summed E-state index contributed by atoms with van der Waals surface area (Å²) >= 11 is 0. The smallest absolute Gasteiger partial charge is 0.340 e. The van der Waals surface area contributed by atoms with Crippen molar-refractivity contribution in [2.24, 2.45) is 0 Å². The average molecular weight is 737 g/mol. The fourth-order valence-corrected chi connectivity index (χ4v) is 8.06. The van der Waals surface area contributed by atoms with Gasteiger partial charge in [-0.3, -0.25) is 14.0 Å². The van der Waals surface area contributed by atoms with Gasteiger partial charge in [0.15, 0.2) is 17.8 Å². The third-order valence-corrected chi connectivity index (χ3v) is 11.4.